The van der Waals surface area contributed by atoms with Gasteiger partial charge >= 0.3 is 0 Å². The van der Waals surface area contributed by atoms with Crippen LogP contribution < -0.4 is 10.1 Å². The van der Waals surface area contributed by atoms with Gasteiger partial charge in [0.1, 0.15) is 5.75 Å². The Morgan fingerprint density at radius 3 is 2.84 bits per heavy atom. The van der Waals surface area contributed by atoms with Crippen molar-refractivity contribution in [3.8, 4) is 5.75 Å². The molecule has 0 aromatic heterocycles. The molecule has 2 rings (SSSR count). The fourth-order valence-electron chi connectivity index (χ4n) is 2.64. The smallest absolute Gasteiger partial charge is 0.122 e. The normalized spacial score (nSPS) is 24.4. The van der Waals surface area contributed by atoms with Gasteiger partial charge in [-0.15, -0.1) is 0 Å². The van der Waals surface area contributed by atoms with Crippen LogP contribution in [0.3, 0.4) is 0 Å². The van der Waals surface area contributed by atoms with Gasteiger partial charge < -0.3 is 14.8 Å². The third-order valence-electron chi connectivity index (χ3n) is 3.73. The molecule has 3 heteroatoms. The van der Waals surface area contributed by atoms with E-state index in [0.29, 0.717) is 18.2 Å². The highest BCUT2D eigenvalue weighted by atomic mass is 16.5. The summed E-state index contributed by atoms with van der Waals surface area (Å²) in [6, 6.07) is 8.64. The van der Waals surface area contributed by atoms with E-state index < -0.39 is 0 Å². The van der Waals surface area contributed by atoms with Crippen LogP contribution in [0.1, 0.15) is 32.3 Å². The van der Waals surface area contributed by atoms with Crippen molar-refractivity contribution in [2.24, 2.45) is 0 Å². The molecule has 1 aromatic carbocycles. The van der Waals surface area contributed by atoms with Gasteiger partial charge in [0.15, 0.2) is 0 Å². The fourth-order valence-corrected chi connectivity index (χ4v) is 2.64. The quantitative estimate of drug-likeness (QED) is 0.856. The third kappa shape index (κ3) is 4.22. The molecule has 3 atom stereocenters. The molecular weight excluding hydrogens is 238 g/mol. The van der Waals surface area contributed by atoms with Crippen molar-refractivity contribution in [2.75, 3.05) is 13.7 Å². The maximum Gasteiger partial charge on any atom is 0.122 e. The van der Waals surface area contributed by atoms with Gasteiger partial charge in [0.25, 0.3) is 0 Å². The second-order valence-electron chi connectivity index (χ2n) is 5.47. The summed E-state index contributed by atoms with van der Waals surface area (Å²) in [4.78, 5) is 0. The SMILES string of the molecule is COc1ccccc1CC(C)NCC1CCC(C)O1. The zero-order valence-electron chi connectivity index (χ0n) is 12.2. The van der Waals surface area contributed by atoms with E-state index in [1.54, 1.807) is 7.11 Å². The number of nitrogens with one attached hydrogen (secondary N) is 1. The lowest BCUT2D eigenvalue weighted by Gasteiger charge is -2.18. The van der Waals surface area contributed by atoms with E-state index in [-0.39, 0.29) is 0 Å². The Balaban J connectivity index is 1.79. The van der Waals surface area contributed by atoms with Gasteiger partial charge in [-0.2, -0.15) is 0 Å². The van der Waals surface area contributed by atoms with Crippen LogP contribution in [0, 0.1) is 0 Å². The Labute approximate surface area is 116 Å². The number of ether oxygens (including phenoxy) is 2. The maximum atomic E-state index is 5.82. The molecule has 0 amide bonds. The first kappa shape index (κ1) is 14.4. The van der Waals surface area contributed by atoms with Crippen molar-refractivity contribution < 1.29 is 9.47 Å². The van der Waals surface area contributed by atoms with Gasteiger partial charge in [-0.3, -0.25) is 0 Å². The van der Waals surface area contributed by atoms with Crippen LogP contribution in [0.25, 0.3) is 0 Å². The van der Waals surface area contributed by atoms with Crippen LogP contribution >= 0.6 is 0 Å². The molecule has 1 aliphatic heterocycles. The number of benzene rings is 1. The second kappa shape index (κ2) is 6.92. The van der Waals surface area contributed by atoms with Gasteiger partial charge in [0.05, 0.1) is 19.3 Å². The summed E-state index contributed by atoms with van der Waals surface area (Å²) in [6.07, 6.45) is 4.15. The second-order valence-corrected chi connectivity index (χ2v) is 5.47. The standard InChI is InChI=1S/C16H25NO2/c1-12(17-11-15-9-8-13(2)19-15)10-14-6-4-5-7-16(14)18-3/h4-7,12-13,15,17H,8-11H2,1-3H3. The molecule has 1 aromatic rings. The van der Waals surface area contributed by atoms with Crippen LogP contribution in [0.4, 0.5) is 0 Å². The van der Waals surface area contributed by atoms with Gasteiger partial charge in [-0.1, -0.05) is 18.2 Å². The van der Waals surface area contributed by atoms with Crippen LogP contribution in [0.2, 0.25) is 0 Å². The minimum atomic E-state index is 0.384. The molecule has 0 radical (unpaired) electrons. The van der Waals surface area contributed by atoms with Crippen LogP contribution in [0.15, 0.2) is 24.3 Å². The average molecular weight is 263 g/mol. The lowest BCUT2D eigenvalue weighted by Crippen LogP contribution is -2.35. The van der Waals surface area contributed by atoms with Crippen molar-refractivity contribution >= 4 is 0 Å². The van der Waals surface area contributed by atoms with Gasteiger partial charge in [-0.05, 0) is 44.7 Å². The number of hydrogen-bond donors (Lipinski definition) is 1. The minimum Gasteiger partial charge on any atom is -0.496 e. The first-order chi connectivity index (χ1) is 9.19. The summed E-state index contributed by atoms with van der Waals surface area (Å²) in [5, 5.41) is 3.56. The number of para-hydroxylation sites is 1. The molecule has 106 valence electrons. The monoisotopic (exact) mass is 263 g/mol. The predicted octanol–water partition coefficient (Wildman–Crippen LogP) is 2.78. The molecular formula is C16H25NO2. The minimum absolute atomic E-state index is 0.384. The first-order valence-corrected chi connectivity index (χ1v) is 7.19. The molecule has 1 fully saturated rings. The topological polar surface area (TPSA) is 30.5 Å². The van der Waals surface area contributed by atoms with Crippen LogP contribution in [-0.2, 0) is 11.2 Å². The van der Waals surface area contributed by atoms with E-state index >= 15 is 0 Å². The molecule has 1 aliphatic rings. The molecule has 3 unspecified atom stereocenters. The van der Waals surface area contributed by atoms with Gasteiger partial charge in [0, 0.05) is 12.6 Å². The third-order valence-corrected chi connectivity index (χ3v) is 3.73. The lowest BCUT2D eigenvalue weighted by atomic mass is 10.1. The fraction of sp³-hybridized carbons (Fsp3) is 0.625. The summed E-state index contributed by atoms with van der Waals surface area (Å²) in [5.41, 5.74) is 1.26. The Kier molecular flexibility index (Phi) is 5.23. The van der Waals surface area contributed by atoms with E-state index in [0.717, 1.165) is 18.7 Å². The Morgan fingerprint density at radius 2 is 2.16 bits per heavy atom. The molecule has 1 saturated heterocycles. The predicted molar refractivity (Wildman–Crippen MR) is 77.7 cm³/mol. The zero-order chi connectivity index (χ0) is 13.7. The highest BCUT2D eigenvalue weighted by Gasteiger charge is 2.21. The van der Waals surface area contributed by atoms with E-state index in [2.05, 4.69) is 31.3 Å². The Hall–Kier alpha value is -1.06. The summed E-state index contributed by atoms with van der Waals surface area (Å²) in [7, 11) is 1.73. The summed E-state index contributed by atoms with van der Waals surface area (Å²) >= 11 is 0. The first-order valence-electron chi connectivity index (χ1n) is 7.19. The Morgan fingerprint density at radius 1 is 1.37 bits per heavy atom. The average Bonchev–Trinajstić information content (AvgIpc) is 2.83. The summed E-state index contributed by atoms with van der Waals surface area (Å²) < 4.78 is 11.2. The maximum absolute atomic E-state index is 5.82. The molecule has 0 bridgehead atoms. The zero-order valence-corrected chi connectivity index (χ0v) is 12.2. The summed E-state index contributed by atoms with van der Waals surface area (Å²) in [5.74, 6) is 0.974. The van der Waals surface area contributed by atoms with Crippen molar-refractivity contribution in [2.45, 2.75) is 51.4 Å². The summed E-state index contributed by atoms with van der Waals surface area (Å²) in [6.45, 7) is 5.31. The van der Waals surface area contributed by atoms with Crippen molar-refractivity contribution in [1.29, 1.82) is 0 Å². The van der Waals surface area contributed by atoms with Crippen molar-refractivity contribution in [3.63, 3.8) is 0 Å². The van der Waals surface area contributed by atoms with E-state index in [1.165, 1.54) is 18.4 Å². The van der Waals surface area contributed by atoms with Gasteiger partial charge in [0.2, 0.25) is 0 Å². The van der Waals surface area contributed by atoms with Gasteiger partial charge in [-0.25, -0.2) is 0 Å². The van der Waals surface area contributed by atoms with Crippen molar-refractivity contribution in [1.82, 2.24) is 5.32 Å². The molecule has 1 heterocycles. The lowest BCUT2D eigenvalue weighted by molar-refractivity contribution is 0.0546. The number of methoxy groups -OCH3 is 1. The molecule has 3 nitrogen and oxygen atoms in total. The highest BCUT2D eigenvalue weighted by Crippen LogP contribution is 2.20. The van der Waals surface area contributed by atoms with E-state index in [9.17, 15) is 0 Å². The van der Waals surface area contributed by atoms with Crippen LogP contribution in [0.5, 0.6) is 5.75 Å². The Bertz CT molecular complexity index is 394. The largest absolute Gasteiger partial charge is 0.496 e. The van der Waals surface area contributed by atoms with Crippen molar-refractivity contribution in [3.05, 3.63) is 29.8 Å². The molecule has 19 heavy (non-hydrogen) atoms. The van der Waals surface area contributed by atoms with E-state index in [1.807, 2.05) is 12.1 Å². The molecule has 0 spiro atoms. The van der Waals surface area contributed by atoms with E-state index in [4.69, 9.17) is 9.47 Å². The molecule has 1 N–H and O–H groups in total. The number of rotatable bonds is 6. The highest BCUT2D eigenvalue weighted by molar-refractivity contribution is 5.33. The number of hydrogen-bond acceptors (Lipinski definition) is 3. The van der Waals surface area contributed by atoms with Crippen LogP contribution in [-0.4, -0.2) is 31.9 Å². The molecule has 0 saturated carbocycles. The molecule has 0 aliphatic carbocycles.